The number of carboxylic acids is 1. The minimum atomic E-state index is -0.930. The van der Waals surface area contributed by atoms with Gasteiger partial charge in [0.25, 0.3) is 0 Å². The lowest BCUT2D eigenvalue weighted by Gasteiger charge is -2.30. The molecule has 0 saturated carbocycles. The molecule has 0 spiro atoms. The number of nitrogens with one attached hydrogen (secondary N) is 1. The van der Waals surface area contributed by atoms with E-state index in [4.69, 9.17) is 17.0 Å². The van der Waals surface area contributed by atoms with Crippen molar-refractivity contribution in [1.29, 1.82) is 0 Å². The summed E-state index contributed by atoms with van der Waals surface area (Å²) >= 11 is 5.89. The summed E-state index contributed by atoms with van der Waals surface area (Å²) in [7, 11) is 0. The number of hydrogen-bond acceptors (Lipinski definition) is 5. The van der Waals surface area contributed by atoms with Crippen LogP contribution in [0.4, 0.5) is 0 Å². The standard InChI is InChI=1S/C29H35N5O3S/c1-19-8-9-22(28(35)36)18-25(19)34-20(2)17-23(21(34)3)27-26(24-7-4-5-10-30-24)31-29(38)33(27)12-6-11-32-13-15-37-16-14-32/h4-5,7-10,17-18,26-27H,6,11-16H2,1-3H3,(H,31,38)(H,35,36)/t26-,27-/m1/s1. The highest BCUT2D eigenvalue weighted by Crippen LogP contribution is 2.41. The smallest absolute Gasteiger partial charge is 0.335 e. The van der Waals surface area contributed by atoms with Crippen molar-refractivity contribution < 1.29 is 14.6 Å². The summed E-state index contributed by atoms with van der Waals surface area (Å²) in [6.45, 7) is 11.6. The maximum Gasteiger partial charge on any atom is 0.335 e. The number of hydrogen-bond donors (Lipinski definition) is 2. The van der Waals surface area contributed by atoms with Gasteiger partial charge >= 0.3 is 5.97 Å². The summed E-state index contributed by atoms with van der Waals surface area (Å²) < 4.78 is 7.67. The lowest BCUT2D eigenvalue weighted by atomic mass is 9.96. The van der Waals surface area contributed by atoms with Gasteiger partial charge in [0.05, 0.1) is 36.6 Å². The van der Waals surface area contributed by atoms with Gasteiger partial charge < -0.3 is 24.6 Å². The van der Waals surface area contributed by atoms with Crippen molar-refractivity contribution in [1.82, 2.24) is 24.7 Å². The summed E-state index contributed by atoms with van der Waals surface area (Å²) in [6, 6.07) is 13.4. The molecule has 9 heteroatoms. The van der Waals surface area contributed by atoms with Crippen molar-refractivity contribution in [2.24, 2.45) is 0 Å². The van der Waals surface area contributed by atoms with Crippen molar-refractivity contribution in [3.8, 4) is 5.69 Å². The third-order valence-electron chi connectivity index (χ3n) is 7.66. The monoisotopic (exact) mass is 533 g/mol. The number of benzene rings is 1. The Morgan fingerprint density at radius 1 is 1.13 bits per heavy atom. The molecular weight excluding hydrogens is 498 g/mol. The van der Waals surface area contributed by atoms with E-state index >= 15 is 0 Å². The Hall–Kier alpha value is -3.27. The number of rotatable bonds is 8. The minimum Gasteiger partial charge on any atom is -0.478 e. The number of ether oxygens (including phenoxy) is 1. The van der Waals surface area contributed by atoms with Crippen LogP contribution >= 0.6 is 12.2 Å². The molecule has 1 aromatic carbocycles. The molecule has 3 aromatic rings. The number of morpholine rings is 1. The first-order valence-corrected chi connectivity index (χ1v) is 13.6. The Labute approximate surface area is 229 Å². The van der Waals surface area contributed by atoms with Gasteiger partial charge in [-0.3, -0.25) is 9.88 Å². The molecule has 0 bridgehead atoms. The highest BCUT2D eigenvalue weighted by Gasteiger charge is 2.41. The zero-order chi connectivity index (χ0) is 26.8. The largest absolute Gasteiger partial charge is 0.478 e. The summed E-state index contributed by atoms with van der Waals surface area (Å²) in [6.07, 6.45) is 2.81. The van der Waals surface area contributed by atoms with Crippen molar-refractivity contribution >= 4 is 23.3 Å². The van der Waals surface area contributed by atoms with E-state index in [0.29, 0.717) is 0 Å². The van der Waals surface area contributed by atoms with E-state index < -0.39 is 5.97 Å². The third kappa shape index (κ3) is 5.18. The first-order chi connectivity index (χ1) is 18.3. The number of pyridine rings is 1. The SMILES string of the molecule is Cc1ccc(C(=O)O)cc1-n1c(C)cc([C@@H]2[C@@H](c3ccccn3)NC(=S)N2CCCN2CCOCC2)c1C. The second-order valence-electron chi connectivity index (χ2n) is 10.1. The number of carboxylic acid groups (broad SMARTS) is 1. The molecule has 2 atom stereocenters. The van der Waals surface area contributed by atoms with Crippen LogP contribution in [-0.2, 0) is 4.74 Å². The van der Waals surface area contributed by atoms with Gasteiger partial charge in [-0.2, -0.15) is 0 Å². The van der Waals surface area contributed by atoms with Crippen LogP contribution in [0, 0.1) is 20.8 Å². The maximum absolute atomic E-state index is 11.7. The molecule has 5 rings (SSSR count). The fraction of sp³-hybridized carbons (Fsp3) is 0.414. The lowest BCUT2D eigenvalue weighted by Crippen LogP contribution is -2.39. The van der Waals surface area contributed by atoms with Gasteiger partial charge in [0.15, 0.2) is 5.11 Å². The van der Waals surface area contributed by atoms with Gasteiger partial charge in [0.2, 0.25) is 0 Å². The normalized spacial score (nSPS) is 20.1. The summed E-state index contributed by atoms with van der Waals surface area (Å²) in [4.78, 5) is 21.2. The van der Waals surface area contributed by atoms with Crippen molar-refractivity contribution in [3.05, 3.63) is 82.4 Å². The van der Waals surface area contributed by atoms with Crippen LogP contribution in [0.1, 0.15) is 57.1 Å². The van der Waals surface area contributed by atoms with E-state index in [1.807, 2.05) is 37.4 Å². The number of thiocarbonyl (C=S) groups is 1. The summed E-state index contributed by atoms with van der Waals surface area (Å²) in [5.41, 5.74) is 6.42. The Kier molecular flexibility index (Phi) is 7.78. The fourth-order valence-corrected chi connectivity index (χ4v) is 6.05. The number of nitrogens with zero attached hydrogens (tertiary/aromatic N) is 4. The highest BCUT2D eigenvalue weighted by molar-refractivity contribution is 7.80. The molecule has 2 N–H and O–H groups in total. The molecular formula is C29H35N5O3S. The van der Waals surface area contributed by atoms with Gasteiger partial charge in [-0.1, -0.05) is 12.1 Å². The van der Waals surface area contributed by atoms with Gasteiger partial charge in [0, 0.05) is 49.5 Å². The molecule has 0 aliphatic carbocycles. The van der Waals surface area contributed by atoms with Gasteiger partial charge in [0.1, 0.15) is 0 Å². The molecule has 38 heavy (non-hydrogen) atoms. The molecule has 2 saturated heterocycles. The average Bonchev–Trinajstić information content (AvgIpc) is 3.40. The van der Waals surface area contributed by atoms with Crippen LogP contribution in [0.2, 0.25) is 0 Å². The zero-order valence-corrected chi connectivity index (χ0v) is 23.0. The van der Waals surface area contributed by atoms with Crippen LogP contribution in [0.3, 0.4) is 0 Å². The van der Waals surface area contributed by atoms with E-state index in [1.54, 1.807) is 12.1 Å². The maximum atomic E-state index is 11.7. The van der Waals surface area contributed by atoms with Gasteiger partial charge in [-0.05, 0) is 80.9 Å². The zero-order valence-electron chi connectivity index (χ0n) is 22.2. The Bertz CT molecular complexity index is 1320. The van der Waals surface area contributed by atoms with Crippen molar-refractivity contribution in [2.75, 3.05) is 39.4 Å². The first kappa shape index (κ1) is 26.3. The fourth-order valence-electron chi connectivity index (χ4n) is 5.72. The summed E-state index contributed by atoms with van der Waals surface area (Å²) in [5.74, 6) is -0.930. The van der Waals surface area contributed by atoms with Crippen LogP contribution in [-0.4, -0.2) is 74.9 Å². The van der Waals surface area contributed by atoms with Gasteiger partial charge in [-0.15, -0.1) is 0 Å². The molecule has 2 aromatic heterocycles. The number of aromatic nitrogens is 2. The molecule has 2 fully saturated rings. The summed E-state index contributed by atoms with van der Waals surface area (Å²) in [5, 5.41) is 13.9. The predicted octanol–water partition coefficient (Wildman–Crippen LogP) is 4.19. The Morgan fingerprint density at radius 3 is 2.63 bits per heavy atom. The lowest BCUT2D eigenvalue weighted by molar-refractivity contribution is 0.0365. The molecule has 0 amide bonds. The number of aromatic carboxylic acids is 1. The highest BCUT2D eigenvalue weighted by atomic mass is 32.1. The first-order valence-electron chi connectivity index (χ1n) is 13.2. The van der Waals surface area contributed by atoms with E-state index in [2.05, 4.69) is 44.6 Å². The van der Waals surface area contributed by atoms with Crippen LogP contribution < -0.4 is 5.32 Å². The molecule has 0 radical (unpaired) electrons. The molecule has 4 heterocycles. The molecule has 200 valence electrons. The quantitative estimate of drug-likeness (QED) is 0.417. The Morgan fingerprint density at radius 2 is 1.92 bits per heavy atom. The molecule has 0 unspecified atom stereocenters. The van der Waals surface area contributed by atoms with E-state index in [-0.39, 0.29) is 17.6 Å². The number of aryl methyl sites for hydroxylation is 2. The minimum absolute atomic E-state index is 0.0370. The molecule has 8 nitrogen and oxygen atoms in total. The van der Waals surface area contributed by atoms with Crippen LogP contribution in [0.15, 0.2) is 48.7 Å². The Balaban J connectivity index is 1.51. The van der Waals surface area contributed by atoms with E-state index in [1.165, 1.54) is 0 Å². The second kappa shape index (κ2) is 11.2. The van der Waals surface area contributed by atoms with Crippen LogP contribution in [0.5, 0.6) is 0 Å². The van der Waals surface area contributed by atoms with Crippen molar-refractivity contribution in [3.63, 3.8) is 0 Å². The third-order valence-corrected chi connectivity index (χ3v) is 8.01. The average molecular weight is 534 g/mol. The van der Waals surface area contributed by atoms with Crippen LogP contribution in [0.25, 0.3) is 5.69 Å². The van der Waals surface area contributed by atoms with E-state index in [9.17, 15) is 9.90 Å². The molecule has 2 aliphatic heterocycles. The van der Waals surface area contributed by atoms with Crippen molar-refractivity contribution in [2.45, 2.75) is 39.3 Å². The van der Waals surface area contributed by atoms with Gasteiger partial charge in [-0.25, -0.2) is 4.79 Å². The molecule has 2 aliphatic rings. The van der Waals surface area contributed by atoms with E-state index in [0.717, 1.165) is 84.8 Å². The number of carbonyl (C=O) groups is 1. The predicted molar refractivity (Wildman–Crippen MR) is 151 cm³/mol. The topological polar surface area (TPSA) is 82.9 Å². The second-order valence-corrected chi connectivity index (χ2v) is 10.5.